The fourth-order valence-corrected chi connectivity index (χ4v) is 4.50. The second-order valence-electron chi connectivity index (χ2n) is 8.22. The Balaban J connectivity index is 0.00000158. The van der Waals surface area contributed by atoms with Gasteiger partial charge in [-0.1, -0.05) is 75.4 Å². The molecule has 0 radical (unpaired) electrons. The number of allylic oxidation sites excluding steroid dienone is 1. The van der Waals surface area contributed by atoms with Gasteiger partial charge in [0.2, 0.25) is 0 Å². The van der Waals surface area contributed by atoms with Crippen molar-refractivity contribution in [3.8, 4) is 0 Å². The SMILES string of the molecule is CC.CC/C(=C(\c1ccc(N=O)cc1)c1ccc(N2CCC(C=O)CC2)cc1)c1ccccc1. The number of nitrogens with zero attached hydrogens (tertiary/aromatic N) is 2. The van der Waals surface area contributed by atoms with E-state index >= 15 is 0 Å². The van der Waals surface area contributed by atoms with Gasteiger partial charge in [-0.25, -0.2) is 0 Å². The van der Waals surface area contributed by atoms with Crippen LogP contribution in [-0.2, 0) is 4.79 Å². The van der Waals surface area contributed by atoms with Gasteiger partial charge in [0.05, 0.1) is 0 Å². The zero-order valence-electron chi connectivity index (χ0n) is 20.4. The highest BCUT2D eigenvalue weighted by atomic mass is 16.3. The highest BCUT2D eigenvalue weighted by Gasteiger charge is 2.19. The molecule has 1 aliphatic rings. The molecule has 3 aromatic carbocycles. The number of hydrogen-bond donors (Lipinski definition) is 0. The van der Waals surface area contributed by atoms with Crippen molar-refractivity contribution >= 4 is 28.8 Å². The van der Waals surface area contributed by atoms with Crippen LogP contribution in [0.3, 0.4) is 0 Å². The van der Waals surface area contributed by atoms with Gasteiger partial charge in [-0.2, -0.15) is 0 Å². The normalized spacial score (nSPS) is 14.5. The summed E-state index contributed by atoms with van der Waals surface area (Å²) in [6.07, 6.45) is 3.82. The van der Waals surface area contributed by atoms with E-state index in [1.807, 2.05) is 32.0 Å². The average molecular weight is 455 g/mol. The Morgan fingerprint density at radius 2 is 1.41 bits per heavy atom. The molecule has 1 fully saturated rings. The number of hydrogen-bond acceptors (Lipinski definition) is 4. The van der Waals surface area contributed by atoms with Gasteiger partial charge in [-0.05, 0) is 76.5 Å². The van der Waals surface area contributed by atoms with E-state index in [9.17, 15) is 9.70 Å². The number of piperidine rings is 1. The van der Waals surface area contributed by atoms with Crippen LogP contribution in [0.2, 0.25) is 0 Å². The summed E-state index contributed by atoms with van der Waals surface area (Å²) in [6, 6.07) is 26.7. The molecule has 0 spiro atoms. The van der Waals surface area contributed by atoms with E-state index in [1.165, 1.54) is 22.4 Å². The van der Waals surface area contributed by atoms with Crippen molar-refractivity contribution < 1.29 is 4.79 Å². The molecule has 176 valence electrons. The second kappa shape index (κ2) is 12.6. The van der Waals surface area contributed by atoms with Gasteiger partial charge >= 0.3 is 0 Å². The Kier molecular flexibility index (Phi) is 9.33. The molecular weight excluding hydrogens is 420 g/mol. The molecule has 0 aliphatic carbocycles. The minimum Gasteiger partial charge on any atom is -0.371 e. The van der Waals surface area contributed by atoms with Crippen LogP contribution in [0.15, 0.2) is 84.0 Å². The first-order valence-corrected chi connectivity index (χ1v) is 12.3. The number of nitroso groups, excluding NO2 is 1. The maximum absolute atomic E-state index is 11.1. The molecule has 1 aliphatic heterocycles. The lowest BCUT2D eigenvalue weighted by molar-refractivity contribution is -0.111. The van der Waals surface area contributed by atoms with Gasteiger partial charge in [0, 0.05) is 24.7 Å². The fraction of sp³-hybridized carbons (Fsp3) is 0.300. The lowest BCUT2D eigenvalue weighted by Crippen LogP contribution is -2.34. The van der Waals surface area contributed by atoms with Gasteiger partial charge in [0.25, 0.3) is 0 Å². The van der Waals surface area contributed by atoms with Gasteiger partial charge in [-0.15, -0.1) is 4.91 Å². The zero-order chi connectivity index (χ0) is 24.3. The summed E-state index contributed by atoms with van der Waals surface area (Å²) < 4.78 is 0. The van der Waals surface area contributed by atoms with Crippen molar-refractivity contribution in [1.82, 2.24) is 0 Å². The van der Waals surface area contributed by atoms with Crippen LogP contribution in [0.25, 0.3) is 11.1 Å². The monoisotopic (exact) mass is 454 g/mol. The molecule has 0 atom stereocenters. The van der Waals surface area contributed by atoms with Gasteiger partial charge in [0.15, 0.2) is 0 Å². The number of carbonyl (C=O) groups is 1. The summed E-state index contributed by atoms with van der Waals surface area (Å²) >= 11 is 0. The maximum atomic E-state index is 11.1. The molecule has 34 heavy (non-hydrogen) atoms. The Bertz CT molecular complexity index is 1080. The Morgan fingerprint density at radius 3 is 1.91 bits per heavy atom. The van der Waals surface area contributed by atoms with E-state index in [4.69, 9.17) is 0 Å². The second-order valence-corrected chi connectivity index (χ2v) is 8.22. The van der Waals surface area contributed by atoms with E-state index in [0.29, 0.717) is 5.69 Å². The van der Waals surface area contributed by atoms with Gasteiger partial charge < -0.3 is 9.69 Å². The third-order valence-corrected chi connectivity index (χ3v) is 6.29. The number of carbonyl (C=O) groups excluding carboxylic acids is 1. The van der Waals surface area contributed by atoms with Gasteiger partial charge in [-0.3, -0.25) is 0 Å². The van der Waals surface area contributed by atoms with Crippen LogP contribution in [0.4, 0.5) is 11.4 Å². The Labute approximate surface area is 203 Å². The lowest BCUT2D eigenvalue weighted by atomic mass is 9.88. The zero-order valence-corrected chi connectivity index (χ0v) is 20.4. The van der Waals surface area contributed by atoms with Crippen LogP contribution >= 0.6 is 0 Å². The molecule has 4 rings (SSSR count). The van der Waals surface area contributed by atoms with Crippen molar-refractivity contribution in [2.45, 2.75) is 40.0 Å². The predicted molar refractivity (Wildman–Crippen MR) is 143 cm³/mol. The van der Waals surface area contributed by atoms with Crippen LogP contribution in [0.5, 0.6) is 0 Å². The molecule has 0 unspecified atom stereocenters. The Hall–Kier alpha value is -3.53. The summed E-state index contributed by atoms with van der Waals surface area (Å²) in [5.74, 6) is 0.196. The third-order valence-electron chi connectivity index (χ3n) is 6.29. The van der Waals surface area contributed by atoms with Crippen molar-refractivity contribution in [1.29, 1.82) is 0 Å². The van der Waals surface area contributed by atoms with E-state index in [2.05, 4.69) is 65.5 Å². The van der Waals surface area contributed by atoms with Gasteiger partial charge in [0.1, 0.15) is 12.0 Å². The van der Waals surface area contributed by atoms with E-state index in [1.54, 1.807) is 12.1 Å². The van der Waals surface area contributed by atoms with Crippen LogP contribution in [0.1, 0.15) is 56.7 Å². The average Bonchev–Trinajstić information content (AvgIpc) is 2.93. The largest absolute Gasteiger partial charge is 0.371 e. The molecule has 0 amide bonds. The van der Waals surface area contributed by atoms with Crippen molar-refractivity contribution in [2.75, 3.05) is 18.0 Å². The smallest absolute Gasteiger partial charge is 0.123 e. The van der Waals surface area contributed by atoms with E-state index < -0.39 is 0 Å². The summed E-state index contributed by atoms with van der Waals surface area (Å²) in [5, 5.41) is 3.05. The first kappa shape index (κ1) is 25.1. The third kappa shape index (κ3) is 5.88. The molecule has 4 nitrogen and oxygen atoms in total. The van der Waals surface area contributed by atoms with E-state index in [0.717, 1.165) is 49.8 Å². The summed E-state index contributed by atoms with van der Waals surface area (Å²) in [6.45, 7) is 8.00. The molecule has 0 saturated carbocycles. The molecule has 4 heteroatoms. The van der Waals surface area contributed by atoms with Crippen molar-refractivity contribution in [3.63, 3.8) is 0 Å². The fourth-order valence-electron chi connectivity index (χ4n) is 4.50. The Morgan fingerprint density at radius 1 is 0.853 bits per heavy atom. The van der Waals surface area contributed by atoms with Crippen LogP contribution in [0, 0.1) is 10.8 Å². The minimum atomic E-state index is 0.196. The van der Waals surface area contributed by atoms with E-state index in [-0.39, 0.29) is 5.92 Å². The first-order valence-electron chi connectivity index (χ1n) is 12.3. The quantitative estimate of drug-likeness (QED) is 0.207. The highest BCUT2D eigenvalue weighted by molar-refractivity contribution is 5.98. The predicted octanol–water partition coefficient (Wildman–Crippen LogP) is 7.90. The topological polar surface area (TPSA) is 49.7 Å². The first-order chi connectivity index (χ1) is 16.7. The number of aldehydes is 1. The maximum Gasteiger partial charge on any atom is 0.123 e. The molecule has 3 aromatic rings. The lowest BCUT2D eigenvalue weighted by Gasteiger charge is -2.31. The molecule has 1 saturated heterocycles. The number of rotatable bonds is 7. The standard InChI is InChI=1S/C28H28N2O2.C2H6/c1-2-27(22-6-4-3-5-7-22)28(23-8-12-25(29-32)13-9-23)24-10-14-26(15-11-24)30-18-16-21(20-31)17-19-30;1-2/h3-15,20-21H,2,16-19H2,1H3;1-2H3/b28-27-;. The molecular formula is C30H34N2O2. The van der Waals surface area contributed by atoms with Crippen molar-refractivity contribution in [2.24, 2.45) is 11.1 Å². The van der Waals surface area contributed by atoms with Crippen molar-refractivity contribution in [3.05, 3.63) is 100 Å². The number of benzene rings is 3. The molecule has 0 N–H and O–H groups in total. The minimum absolute atomic E-state index is 0.196. The summed E-state index contributed by atoms with van der Waals surface area (Å²) in [7, 11) is 0. The van der Waals surface area contributed by atoms with Crippen LogP contribution < -0.4 is 4.90 Å². The molecule has 0 aromatic heterocycles. The highest BCUT2D eigenvalue weighted by Crippen LogP contribution is 2.36. The molecule has 1 heterocycles. The summed E-state index contributed by atoms with van der Waals surface area (Å²) in [5.41, 5.74) is 7.46. The summed E-state index contributed by atoms with van der Waals surface area (Å²) in [4.78, 5) is 24.3. The number of anilines is 1. The van der Waals surface area contributed by atoms with Crippen LogP contribution in [-0.4, -0.2) is 19.4 Å². The molecule has 0 bridgehead atoms.